The molecular weight excluding hydrogens is 116 g/mol. The summed E-state index contributed by atoms with van der Waals surface area (Å²) in [7, 11) is 0. The number of carbonyl (C=O) groups is 1. The van der Waals surface area contributed by atoms with Crippen LogP contribution in [0.3, 0.4) is 0 Å². The van der Waals surface area contributed by atoms with E-state index in [1.54, 1.807) is 0 Å². The van der Waals surface area contributed by atoms with Crippen molar-refractivity contribution >= 4 is 5.78 Å². The van der Waals surface area contributed by atoms with E-state index < -0.39 is 0 Å². The van der Waals surface area contributed by atoms with Crippen LogP contribution in [0.4, 0.5) is 0 Å². The Balaban J connectivity index is 2.51. The van der Waals surface area contributed by atoms with Gasteiger partial charge in [-0.05, 0) is 6.42 Å². The van der Waals surface area contributed by atoms with Crippen LogP contribution in [-0.2, 0) is 9.53 Å². The third kappa shape index (κ3) is 1.13. The van der Waals surface area contributed by atoms with Gasteiger partial charge in [-0.2, -0.15) is 0 Å². The van der Waals surface area contributed by atoms with Gasteiger partial charge in [0.1, 0.15) is 6.61 Å². The van der Waals surface area contributed by atoms with Crippen molar-refractivity contribution < 1.29 is 9.53 Å². The van der Waals surface area contributed by atoms with Crippen LogP contribution < -0.4 is 0 Å². The summed E-state index contributed by atoms with van der Waals surface area (Å²) in [5.74, 6) is 0.386. The first-order valence-electron chi connectivity index (χ1n) is 3.40. The average Bonchev–Trinajstić information content (AvgIpc) is 2.15. The van der Waals surface area contributed by atoms with Crippen molar-refractivity contribution in [3.8, 4) is 0 Å². The van der Waals surface area contributed by atoms with Crippen LogP contribution in [0.25, 0.3) is 0 Å². The van der Waals surface area contributed by atoms with Crippen LogP contribution in [0.1, 0.15) is 20.3 Å². The van der Waals surface area contributed by atoms with Crippen molar-refractivity contribution in [3.05, 3.63) is 0 Å². The smallest absolute Gasteiger partial charge is 0.163 e. The van der Waals surface area contributed by atoms with Crippen molar-refractivity contribution in [1.82, 2.24) is 0 Å². The van der Waals surface area contributed by atoms with Gasteiger partial charge in [0, 0.05) is 5.92 Å². The molecular formula is C7H12O2. The third-order valence-electron chi connectivity index (χ3n) is 1.91. The first kappa shape index (κ1) is 6.75. The normalized spacial score (nSPS) is 35.6. The fourth-order valence-electron chi connectivity index (χ4n) is 1.14. The molecule has 9 heavy (non-hydrogen) atoms. The molecule has 2 nitrogen and oxygen atoms in total. The van der Waals surface area contributed by atoms with Crippen molar-refractivity contribution in [3.63, 3.8) is 0 Å². The minimum Gasteiger partial charge on any atom is -0.370 e. The molecule has 1 heterocycles. The first-order valence-corrected chi connectivity index (χ1v) is 3.40. The van der Waals surface area contributed by atoms with Gasteiger partial charge < -0.3 is 4.74 Å². The monoisotopic (exact) mass is 128 g/mol. The quantitative estimate of drug-likeness (QED) is 0.526. The van der Waals surface area contributed by atoms with Gasteiger partial charge >= 0.3 is 0 Å². The number of carbonyl (C=O) groups excluding carboxylic acids is 1. The second-order valence-electron chi connectivity index (χ2n) is 2.51. The van der Waals surface area contributed by atoms with Crippen molar-refractivity contribution in [2.45, 2.75) is 26.4 Å². The van der Waals surface area contributed by atoms with E-state index in [4.69, 9.17) is 4.74 Å². The molecule has 0 N–H and O–H groups in total. The minimum absolute atomic E-state index is 0.134. The summed E-state index contributed by atoms with van der Waals surface area (Å²) >= 11 is 0. The zero-order chi connectivity index (χ0) is 6.85. The van der Waals surface area contributed by atoms with Crippen LogP contribution in [0.15, 0.2) is 0 Å². The Hall–Kier alpha value is -0.370. The highest BCUT2D eigenvalue weighted by molar-refractivity contribution is 5.84. The van der Waals surface area contributed by atoms with Crippen LogP contribution in [0, 0.1) is 5.92 Å². The SMILES string of the molecule is CCC1OCC(=O)C1C. The standard InChI is InChI=1S/C7H12O2/c1-3-7-5(2)6(8)4-9-7/h5,7H,3-4H2,1-2H3. The molecule has 0 bridgehead atoms. The summed E-state index contributed by atoms with van der Waals surface area (Å²) in [6.45, 7) is 4.31. The van der Waals surface area contributed by atoms with Crippen molar-refractivity contribution in [2.75, 3.05) is 6.61 Å². The van der Waals surface area contributed by atoms with E-state index >= 15 is 0 Å². The van der Waals surface area contributed by atoms with Crippen LogP contribution in [0.2, 0.25) is 0 Å². The van der Waals surface area contributed by atoms with Gasteiger partial charge in [-0.1, -0.05) is 13.8 Å². The zero-order valence-electron chi connectivity index (χ0n) is 5.89. The molecule has 0 aromatic heterocycles. The van der Waals surface area contributed by atoms with Crippen molar-refractivity contribution in [1.29, 1.82) is 0 Å². The maximum atomic E-state index is 10.8. The number of Topliss-reactive ketones (excluding diaryl/α,β-unsaturated/α-hetero) is 1. The molecule has 0 saturated carbocycles. The number of hydrogen-bond donors (Lipinski definition) is 0. The molecule has 2 heteroatoms. The fraction of sp³-hybridized carbons (Fsp3) is 0.857. The summed E-state index contributed by atoms with van der Waals surface area (Å²) < 4.78 is 5.18. The van der Waals surface area contributed by atoms with E-state index in [0.29, 0.717) is 6.61 Å². The summed E-state index contributed by atoms with van der Waals surface area (Å²) in [6, 6.07) is 0. The van der Waals surface area contributed by atoms with Crippen LogP contribution >= 0.6 is 0 Å². The van der Waals surface area contributed by atoms with E-state index in [2.05, 4.69) is 0 Å². The predicted molar refractivity (Wildman–Crippen MR) is 34.2 cm³/mol. The molecule has 0 spiro atoms. The minimum atomic E-state index is 0.134. The molecule has 2 unspecified atom stereocenters. The molecule has 0 aromatic rings. The lowest BCUT2D eigenvalue weighted by Crippen LogP contribution is -2.15. The van der Waals surface area contributed by atoms with Crippen LogP contribution in [-0.4, -0.2) is 18.5 Å². The van der Waals surface area contributed by atoms with E-state index in [1.807, 2.05) is 13.8 Å². The topological polar surface area (TPSA) is 26.3 Å². The molecule has 0 amide bonds. The average molecular weight is 128 g/mol. The predicted octanol–water partition coefficient (Wildman–Crippen LogP) is 1.00. The zero-order valence-corrected chi connectivity index (χ0v) is 5.89. The highest BCUT2D eigenvalue weighted by Gasteiger charge is 2.29. The van der Waals surface area contributed by atoms with Gasteiger partial charge in [0.05, 0.1) is 6.10 Å². The highest BCUT2D eigenvalue weighted by Crippen LogP contribution is 2.18. The van der Waals surface area contributed by atoms with E-state index in [9.17, 15) is 4.79 Å². The van der Waals surface area contributed by atoms with Gasteiger partial charge in [0.15, 0.2) is 5.78 Å². The number of hydrogen-bond acceptors (Lipinski definition) is 2. The summed E-state index contributed by atoms with van der Waals surface area (Å²) in [5.41, 5.74) is 0. The second-order valence-corrected chi connectivity index (χ2v) is 2.51. The van der Waals surface area contributed by atoms with Gasteiger partial charge in [-0.3, -0.25) is 4.79 Å². The molecule has 52 valence electrons. The molecule has 2 atom stereocenters. The van der Waals surface area contributed by atoms with Gasteiger partial charge in [-0.15, -0.1) is 0 Å². The highest BCUT2D eigenvalue weighted by atomic mass is 16.5. The lowest BCUT2D eigenvalue weighted by molar-refractivity contribution is -0.120. The van der Waals surface area contributed by atoms with Crippen molar-refractivity contribution in [2.24, 2.45) is 5.92 Å². The summed E-state index contributed by atoms with van der Waals surface area (Å²) in [6.07, 6.45) is 1.14. The number of ether oxygens (including phenoxy) is 1. The van der Waals surface area contributed by atoms with E-state index in [-0.39, 0.29) is 17.8 Å². The molecule has 0 radical (unpaired) electrons. The number of ketones is 1. The molecule has 0 aliphatic carbocycles. The lowest BCUT2D eigenvalue weighted by atomic mass is 10.0. The van der Waals surface area contributed by atoms with E-state index in [1.165, 1.54) is 0 Å². The van der Waals surface area contributed by atoms with Gasteiger partial charge in [-0.25, -0.2) is 0 Å². The number of rotatable bonds is 1. The van der Waals surface area contributed by atoms with Gasteiger partial charge in [0.25, 0.3) is 0 Å². The van der Waals surface area contributed by atoms with Crippen LogP contribution in [0.5, 0.6) is 0 Å². The molecule has 1 rings (SSSR count). The Bertz CT molecular complexity index is 120. The molecule has 0 aromatic carbocycles. The third-order valence-corrected chi connectivity index (χ3v) is 1.91. The Kier molecular flexibility index (Phi) is 1.86. The lowest BCUT2D eigenvalue weighted by Gasteiger charge is -2.08. The summed E-state index contributed by atoms with van der Waals surface area (Å²) in [5, 5.41) is 0. The maximum absolute atomic E-state index is 10.8. The van der Waals surface area contributed by atoms with E-state index in [0.717, 1.165) is 6.42 Å². The molecule has 1 saturated heterocycles. The molecule has 1 aliphatic heterocycles. The Morgan fingerprint density at radius 2 is 2.44 bits per heavy atom. The second kappa shape index (κ2) is 2.48. The Morgan fingerprint density at radius 1 is 1.78 bits per heavy atom. The Morgan fingerprint density at radius 3 is 2.67 bits per heavy atom. The fourth-order valence-corrected chi connectivity index (χ4v) is 1.14. The first-order chi connectivity index (χ1) is 4.25. The Labute approximate surface area is 55.2 Å². The molecule has 1 fully saturated rings. The summed E-state index contributed by atoms with van der Waals surface area (Å²) in [4.78, 5) is 10.8. The van der Waals surface area contributed by atoms with Gasteiger partial charge in [0.2, 0.25) is 0 Å². The largest absolute Gasteiger partial charge is 0.370 e. The maximum Gasteiger partial charge on any atom is 0.163 e. The molecule has 1 aliphatic rings.